The molecule has 1 heterocycles. The number of rotatable bonds is 2. The van der Waals surface area contributed by atoms with Crippen LogP contribution in [-0.2, 0) is 0 Å². The van der Waals surface area contributed by atoms with E-state index in [-0.39, 0.29) is 5.75 Å². The van der Waals surface area contributed by atoms with Crippen LogP contribution in [-0.4, -0.2) is 12.1 Å². The van der Waals surface area contributed by atoms with E-state index in [4.69, 9.17) is 10.00 Å². The third-order valence-electron chi connectivity index (χ3n) is 2.30. The number of hydrogen-bond donors (Lipinski definition) is 0. The fraction of sp³-hybridized carbons (Fsp3) is 0.167. The van der Waals surface area contributed by atoms with Crippen molar-refractivity contribution < 1.29 is 9.13 Å². The molecule has 0 aliphatic carbocycles. The van der Waals surface area contributed by atoms with Crippen LogP contribution in [0.4, 0.5) is 4.39 Å². The number of ether oxygens (including phenoxy) is 1. The van der Waals surface area contributed by atoms with Crippen LogP contribution in [0.25, 0.3) is 10.6 Å². The molecule has 0 fully saturated rings. The summed E-state index contributed by atoms with van der Waals surface area (Å²) in [4.78, 5) is 4.79. The summed E-state index contributed by atoms with van der Waals surface area (Å²) in [5.74, 6) is -0.237. The minimum absolute atomic E-state index is 0.197. The van der Waals surface area contributed by atoms with Crippen LogP contribution in [0.15, 0.2) is 18.2 Å². The maximum absolute atomic E-state index is 13.5. The Balaban J connectivity index is 2.47. The van der Waals surface area contributed by atoms with E-state index in [0.29, 0.717) is 21.1 Å². The van der Waals surface area contributed by atoms with Gasteiger partial charge in [-0.1, -0.05) is 0 Å². The number of halogens is 1. The Kier molecular flexibility index (Phi) is 3.07. The summed E-state index contributed by atoms with van der Waals surface area (Å²) in [5, 5.41) is 9.48. The van der Waals surface area contributed by atoms with Crippen LogP contribution in [0.2, 0.25) is 0 Å². The van der Waals surface area contributed by atoms with Crippen molar-refractivity contribution in [3.63, 3.8) is 0 Å². The highest BCUT2D eigenvalue weighted by Gasteiger charge is 2.11. The van der Waals surface area contributed by atoms with Gasteiger partial charge in [-0.05, 0) is 25.1 Å². The predicted octanol–water partition coefficient (Wildman–Crippen LogP) is 3.14. The molecule has 3 nitrogen and oxygen atoms in total. The first-order valence-corrected chi connectivity index (χ1v) is 5.68. The van der Waals surface area contributed by atoms with Gasteiger partial charge in [0.25, 0.3) is 0 Å². The first-order valence-electron chi connectivity index (χ1n) is 4.87. The summed E-state index contributed by atoms with van der Waals surface area (Å²) < 4.78 is 18.4. The van der Waals surface area contributed by atoms with Crippen LogP contribution in [0, 0.1) is 24.1 Å². The van der Waals surface area contributed by atoms with Crippen molar-refractivity contribution in [3.05, 3.63) is 34.6 Å². The summed E-state index contributed by atoms with van der Waals surface area (Å²) in [6.45, 7) is 1.76. The van der Waals surface area contributed by atoms with E-state index in [1.165, 1.54) is 24.5 Å². The van der Waals surface area contributed by atoms with Crippen molar-refractivity contribution in [2.45, 2.75) is 6.92 Å². The molecule has 0 amide bonds. The van der Waals surface area contributed by atoms with Crippen LogP contribution in [0.5, 0.6) is 5.75 Å². The van der Waals surface area contributed by atoms with Gasteiger partial charge in [-0.2, -0.15) is 5.26 Å². The normalized spacial score (nSPS) is 10.0. The Morgan fingerprint density at radius 1 is 1.47 bits per heavy atom. The number of nitriles is 1. The molecule has 0 radical (unpaired) electrons. The lowest BCUT2D eigenvalue weighted by molar-refractivity contribution is 0.386. The summed E-state index contributed by atoms with van der Waals surface area (Å²) in [6.07, 6.45) is 0. The molecule has 2 aromatic rings. The zero-order chi connectivity index (χ0) is 12.4. The number of aromatic nitrogens is 1. The van der Waals surface area contributed by atoms with Crippen molar-refractivity contribution in [1.29, 1.82) is 5.26 Å². The molecule has 2 rings (SSSR count). The van der Waals surface area contributed by atoms with E-state index in [1.807, 2.05) is 0 Å². The molecule has 0 N–H and O–H groups in total. The molecule has 86 valence electrons. The maximum Gasteiger partial charge on any atom is 0.165 e. The summed E-state index contributed by atoms with van der Waals surface area (Å²) in [7, 11) is 1.42. The molecule has 0 spiro atoms. The zero-order valence-electron chi connectivity index (χ0n) is 9.32. The number of benzene rings is 1. The Bertz CT molecular complexity index is 601. The minimum Gasteiger partial charge on any atom is -0.494 e. The van der Waals surface area contributed by atoms with E-state index >= 15 is 0 Å². The number of methoxy groups -OCH3 is 1. The van der Waals surface area contributed by atoms with E-state index in [1.54, 1.807) is 19.1 Å². The molecule has 1 aromatic carbocycles. The SMILES string of the molecule is COc1ccc(-c2nc(C)c(C#N)s2)cc1F. The first-order chi connectivity index (χ1) is 8.15. The van der Waals surface area contributed by atoms with Crippen molar-refractivity contribution in [2.24, 2.45) is 0 Å². The quantitative estimate of drug-likeness (QED) is 0.820. The number of hydrogen-bond acceptors (Lipinski definition) is 4. The van der Waals surface area contributed by atoms with Gasteiger partial charge in [0.05, 0.1) is 12.8 Å². The molecule has 17 heavy (non-hydrogen) atoms. The van der Waals surface area contributed by atoms with Gasteiger partial charge in [0.15, 0.2) is 11.6 Å². The topological polar surface area (TPSA) is 45.9 Å². The third-order valence-corrected chi connectivity index (χ3v) is 3.41. The molecule has 0 unspecified atom stereocenters. The van der Waals surface area contributed by atoms with Crippen molar-refractivity contribution in [2.75, 3.05) is 7.11 Å². The highest BCUT2D eigenvalue weighted by molar-refractivity contribution is 7.15. The van der Waals surface area contributed by atoms with Crippen LogP contribution < -0.4 is 4.74 Å². The Labute approximate surface area is 102 Å². The van der Waals surface area contributed by atoms with Crippen molar-refractivity contribution in [1.82, 2.24) is 4.98 Å². The minimum atomic E-state index is -0.434. The average molecular weight is 248 g/mol. The number of nitrogens with zero attached hydrogens (tertiary/aromatic N) is 2. The van der Waals surface area contributed by atoms with Gasteiger partial charge in [0, 0.05) is 5.56 Å². The summed E-state index contributed by atoms with van der Waals surface area (Å²) >= 11 is 1.26. The highest BCUT2D eigenvalue weighted by atomic mass is 32.1. The van der Waals surface area contributed by atoms with Crippen LogP contribution in [0.3, 0.4) is 0 Å². The molecule has 0 aliphatic rings. The lowest BCUT2D eigenvalue weighted by Gasteiger charge is -2.02. The van der Waals surface area contributed by atoms with Gasteiger partial charge in [-0.3, -0.25) is 0 Å². The van der Waals surface area contributed by atoms with Gasteiger partial charge in [0.2, 0.25) is 0 Å². The van der Waals surface area contributed by atoms with Crippen LogP contribution >= 0.6 is 11.3 Å². The smallest absolute Gasteiger partial charge is 0.165 e. The Hall–Kier alpha value is -1.93. The predicted molar refractivity (Wildman–Crippen MR) is 63.5 cm³/mol. The van der Waals surface area contributed by atoms with E-state index in [9.17, 15) is 4.39 Å². The number of thiazole rings is 1. The summed E-state index contributed by atoms with van der Waals surface area (Å²) in [6, 6.07) is 6.69. The Morgan fingerprint density at radius 3 is 2.76 bits per heavy atom. The standard InChI is InChI=1S/C12H9FN2OS/c1-7-11(6-14)17-12(15-7)8-3-4-10(16-2)9(13)5-8/h3-5H,1-2H3. The summed E-state index contributed by atoms with van der Waals surface area (Å²) in [5.41, 5.74) is 1.32. The van der Waals surface area contributed by atoms with E-state index < -0.39 is 5.82 Å². The molecule has 1 aromatic heterocycles. The highest BCUT2D eigenvalue weighted by Crippen LogP contribution is 2.30. The van der Waals surface area contributed by atoms with Gasteiger partial charge < -0.3 is 4.74 Å². The maximum atomic E-state index is 13.5. The monoisotopic (exact) mass is 248 g/mol. The van der Waals surface area contributed by atoms with Gasteiger partial charge in [0.1, 0.15) is 16.0 Å². The second kappa shape index (κ2) is 4.52. The molecular weight excluding hydrogens is 239 g/mol. The molecule has 0 aliphatic heterocycles. The largest absolute Gasteiger partial charge is 0.494 e. The third kappa shape index (κ3) is 2.12. The fourth-order valence-corrected chi connectivity index (χ4v) is 2.28. The lowest BCUT2D eigenvalue weighted by atomic mass is 10.2. The lowest BCUT2D eigenvalue weighted by Crippen LogP contribution is -1.88. The molecule has 0 saturated carbocycles. The number of aryl methyl sites for hydroxylation is 1. The fourth-order valence-electron chi connectivity index (χ4n) is 1.42. The second-order valence-electron chi connectivity index (χ2n) is 3.39. The van der Waals surface area contributed by atoms with Crippen molar-refractivity contribution >= 4 is 11.3 Å². The molecule has 0 atom stereocenters. The van der Waals surface area contributed by atoms with E-state index in [2.05, 4.69) is 11.1 Å². The van der Waals surface area contributed by atoms with E-state index in [0.717, 1.165) is 0 Å². The molecule has 0 bridgehead atoms. The van der Waals surface area contributed by atoms with Gasteiger partial charge in [-0.25, -0.2) is 9.37 Å². The second-order valence-corrected chi connectivity index (χ2v) is 4.39. The van der Waals surface area contributed by atoms with Crippen molar-refractivity contribution in [3.8, 4) is 22.4 Å². The molecular formula is C12H9FN2OS. The van der Waals surface area contributed by atoms with Crippen LogP contribution in [0.1, 0.15) is 10.6 Å². The molecule has 0 saturated heterocycles. The van der Waals surface area contributed by atoms with Gasteiger partial charge in [-0.15, -0.1) is 11.3 Å². The first kappa shape index (κ1) is 11.6. The average Bonchev–Trinajstić information content (AvgIpc) is 2.70. The van der Waals surface area contributed by atoms with Gasteiger partial charge >= 0.3 is 0 Å². The Morgan fingerprint density at radius 2 is 2.24 bits per heavy atom. The zero-order valence-corrected chi connectivity index (χ0v) is 10.1. The molecule has 5 heteroatoms.